The van der Waals surface area contributed by atoms with E-state index in [4.69, 9.17) is 4.98 Å². The molecule has 1 fully saturated rings. The zero-order valence-corrected chi connectivity index (χ0v) is 14.5. The number of rotatable bonds is 4. The summed E-state index contributed by atoms with van der Waals surface area (Å²) in [6.45, 7) is 7.77. The highest BCUT2D eigenvalue weighted by atomic mass is 32.1. The van der Waals surface area contributed by atoms with Crippen LogP contribution in [0.2, 0.25) is 0 Å². The first-order chi connectivity index (χ1) is 11.4. The van der Waals surface area contributed by atoms with Crippen LogP contribution in [-0.2, 0) is 26.1 Å². The molecule has 0 amide bonds. The Balaban J connectivity index is 1.40. The van der Waals surface area contributed by atoms with Gasteiger partial charge in [0, 0.05) is 50.4 Å². The third-order valence-corrected chi connectivity index (χ3v) is 5.75. The molecule has 0 N–H and O–H groups in total. The minimum Gasteiger partial charge on any atom is -0.329 e. The van der Waals surface area contributed by atoms with Crippen molar-refractivity contribution >= 4 is 11.3 Å². The molecule has 4 rings (SSSR count). The number of likely N-dealkylation sites (tertiary alicyclic amines) is 1. The second-order valence-electron chi connectivity index (χ2n) is 6.61. The molecule has 1 saturated heterocycles. The summed E-state index contributed by atoms with van der Waals surface area (Å²) in [4.78, 5) is 14.2. The molecule has 2 aromatic heterocycles. The van der Waals surface area contributed by atoms with Crippen LogP contribution in [0.1, 0.15) is 35.8 Å². The number of nitrogens with zero attached hydrogens (tertiary/aromatic N) is 5. The van der Waals surface area contributed by atoms with Gasteiger partial charge >= 0.3 is 0 Å². The van der Waals surface area contributed by atoms with Crippen molar-refractivity contribution < 1.29 is 0 Å². The Hall–Kier alpha value is -1.24. The third-order valence-electron chi connectivity index (χ3n) is 4.99. The molecule has 0 aromatic carbocycles. The molecule has 0 saturated carbocycles. The highest BCUT2D eigenvalue weighted by molar-refractivity contribution is 7.09. The Morgan fingerprint density at radius 2 is 1.78 bits per heavy atom. The molecule has 0 atom stereocenters. The van der Waals surface area contributed by atoms with E-state index in [9.17, 15) is 0 Å². The summed E-state index contributed by atoms with van der Waals surface area (Å²) >= 11 is 1.75. The lowest BCUT2D eigenvalue weighted by Crippen LogP contribution is -2.30. The lowest BCUT2D eigenvalue weighted by molar-refractivity contribution is 0.214. The van der Waals surface area contributed by atoms with Gasteiger partial charge in [-0.05, 0) is 25.9 Å². The fourth-order valence-electron chi connectivity index (χ4n) is 3.69. The number of hydrogen-bond donors (Lipinski definition) is 0. The van der Waals surface area contributed by atoms with Gasteiger partial charge in [0.25, 0.3) is 0 Å². The maximum atomic E-state index is 4.71. The maximum Gasteiger partial charge on any atom is 0.110 e. The first-order valence-electron chi connectivity index (χ1n) is 8.75. The quantitative estimate of drug-likeness (QED) is 0.862. The van der Waals surface area contributed by atoms with Gasteiger partial charge in [0.1, 0.15) is 10.8 Å². The van der Waals surface area contributed by atoms with Crippen LogP contribution in [0.15, 0.2) is 17.8 Å². The molecular formula is C17H25N5S. The van der Waals surface area contributed by atoms with E-state index in [-0.39, 0.29) is 0 Å². The van der Waals surface area contributed by atoms with Crippen LogP contribution in [0.25, 0.3) is 0 Å². The Morgan fingerprint density at radius 1 is 0.913 bits per heavy atom. The monoisotopic (exact) mass is 331 g/mol. The van der Waals surface area contributed by atoms with Crippen molar-refractivity contribution in [1.29, 1.82) is 0 Å². The average Bonchev–Trinajstić information content (AvgIpc) is 3.17. The second-order valence-corrected chi connectivity index (χ2v) is 7.59. The average molecular weight is 331 g/mol. The van der Waals surface area contributed by atoms with Gasteiger partial charge in [-0.25, -0.2) is 9.97 Å². The normalized spacial score (nSPS) is 20.3. The van der Waals surface area contributed by atoms with E-state index in [0.717, 1.165) is 39.1 Å². The summed E-state index contributed by atoms with van der Waals surface area (Å²) in [5, 5.41) is 3.28. The molecule has 2 aromatic rings. The molecule has 6 heteroatoms. The SMILES string of the molecule is c1csc(CN2CCc3ncc(CN4CCCCC4)n3CC2)n1. The topological polar surface area (TPSA) is 37.2 Å². The lowest BCUT2D eigenvalue weighted by Gasteiger charge is -2.26. The Labute approximate surface area is 142 Å². The van der Waals surface area contributed by atoms with E-state index in [1.165, 1.54) is 48.9 Å². The summed E-state index contributed by atoms with van der Waals surface area (Å²) in [5.41, 5.74) is 1.40. The first kappa shape index (κ1) is 15.3. The number of thiazole rings is 1. The number of piperidine rings is 1. The lowest BCUT2D eigenvalue weighted by atomic mass is 10.1. The predicted octanol–water partition coefficient (Wildman–Crippen LogP) is 2.38. The maximum absolute atomic E-state index is 4.71. The molecule has 124 valence electrons. The van der Waals surface area contributed by atoms with Gasteiger partial charge in [-0.2, -0.15) is 0 Å². The molecule has 4 heterocycles. The van der Waals surface area contributed by atoms with Crippen LogP contribution in [0.5, 0.6) is 0 Å². The van der Waals surface area contributed by atoms with Gasteiger partial charge in [-0.3, -0.25) is 9.80 Å². The predicted molar refractivity (Wildman–Crippen MR) is 92.5 cm³/mol. The zero-order valence-electron chi connectivity index (χ0n) is 13.7. The van der Waals surface area contributed by atoms with Gasteiger partial charge < -0.3 is 4.57 Å². The van der Waals surface area contributed by atoms with E-state index in [2.05, 4.69) is 30.9 Å². The minimum atomic E-state index is 0.976. The van der Waals surface area contributed by atoms with Crippen molar-refractivity contribution in [3.63, 3.8) is 0 Å². The van der Waals surface area contributed by atoms with Crippen molar-refractivity contribution in [1.82, 2.24) is 24.3 Å². The van der Waals surface area contributed by atoms with E-state index in [0.29, 0.717) is 0 Å². The van der Waals surface area contributed by atoms with E-state index in [1.807, 2.05) is 6.20 Å². The molecular weight excluding hydrogens is 306 g/mol. The van der Waals surface area contributed by atoms with Gasteiger partial charge in [-0.15, -0.1) is 11.3 Å². The smallest absolute Gasteiger partial charge is 0.110 e. The molecule has 2 aliphatic rings. The molecule has 0 radical (unpaired) electrons. The third kappa shape index (κ3) is 3.65. The van der Waals surface area contributed by atoms with E-state index in [1.54, 1.807) is 11.3 Å². The van der Waals surface area contributed by atoms with Gasteiger partial charge in [0.05, 0.1) is 12.2 Å². The molecule has 23 heavy (non-hydrogen) atoms. The number of aromatic nitrogens is 3. The Bertz CT molecular complexity index is 615. The summed E-state index contributed by atoms with van der Waals surface area (Å²) in [5.74, 6) is 1.26. The van der Waals surface area contributed by atoms with Crippen molar-refractivity contribution in [2.75, 3.05) is 26.2 Å². The van der Waals surface area contributed by atoms with Crippen molar-refractivity contribution in [3.05, 3.63) is 34.3 Å². The summed E-state index contributed by atoms with van der Waals surface area (Å²) in [6.07, 6.45) is 9.16. The first-order valence-corrected chi connectivity index (χ1v) is 9.63. The largest absolute Gasteiger partial charge is 0.329 e. The standard InChI is InChI=1S/C17H25N5S/c1-2-6-20(7-3-1)13-15-12-19-16-4-8-21(9-10-22(15)16)14-17-18-5-11-23-17/h5,11-12H,1-4,6-10,13-14H2. The van der Waals surface area contributed by atoms with Gasteiger partial charge in [-0.1, -0.05) is 6.42 Å². The van der Waals surface area contributed by atoms with Crippen LogP contribution in [-0.4, -0.2) is 50.5 Å². The Kier molecular flexibility index (Phi) is 4.73. The van der Waals surface area contributed by atoms with E-state index >= 15 is 0 Å². The van der Waals surface area contributed by atoms with Crippen LogP contribution >= 0.6 is 11.3 Å². The van der Waals surface area contributed by atoms with Crippen molar-refractivity contribution in [2.45, 2.75) is 45.3 Å². The van der Waals surface area contributed by atoms with Crippen LogP contribution in [0.4, 0.5) is 0 Å². The summed E-state index contributed by atoms with van der Waals surface area (Å²) in [6, 6.07) is 0. The molecule has 0 unspecified atom stereocenters. The van der Waals surface area contributed by atoms with Crippen molar-refractivity contribution in [3.8, 4) is 0 Å². The number of hydrogen-bond acceptors (Lipinski definition) is 5. The number of imidazole rings is 1. The van der Waals surface area contributed by atoms with Crippen LogP contribution < -0.4 is 0 Å². The molecule has 0 bridgehead atoms. The highest BCUT2D eigenvalue weighted by Crippen LogP contribution is 2.18. The fraction of sp³-hybridized carbons (Fsp3) is 0.647. The Morgan fingerprint density at radius 3 is 2.61 bits per heavy atom. The second kappa shape index (κ2) is 7.11. The van der Waals surface area contributed by atoms with Crippen molar-refractivity contribution in [2.24, 2.45) is 0 Å². The fourth-order valence-corrected chi connectivity index (χ4v) is 4.35. The van der Waals surface area contributed by atoms with Gasteiger partial charge in [0.15, 0.2) is 0 Å². The van der Waals surface area contributed by atoms with Crippen LogP contribution in [0.3, 0.4) is 0 Å². The van der Waals surface area contributed by atoms with Crippen LogP contribution in [0, 0.1) is 0 Å². The zero-order chi connectivity index (χ0) is 15.5. The number of fused-ring (bicyclic) bond motifs is 1. The molecule has 0 aliphatic carbocycles. The minimum absolute atomic E-state index is 0.976. The highest BCUT2D eigenvalue weighted by Gasteiger charge is 2.20. The van der Waals surface area contributed by atoms with E-state index < -0.39 is 0 Å². The molecule has 2 aliphatic heterocycles. The molecule has 5 nitrogen and oxygen atoms in total. The summed E-state index contributed by atoms with van der Waals surface area (Å²) < 4.78 is 2.47. The van der Waals surface area contributed by atoms with Gasteiger partial charge in [0.2, 0.25) is 0 Å². The summed E-state index contributed by atoms with van der Waals surface area (Å²) in [7, 11) is 0. The molecule has 0 spiro atoms.